The lowest BCUT2D eigenvalue weighted by atomic mass is 10.2. The van der Waals surface area contributed by atoms with Gasteiger partial charge in [0.25, 0.3) is 0 Å². The van der Waals surface area contributed by atoms with E-state index in [0.29, 0.717) is 13.0 Å². The van der Waals surface area contributed by atoms with Gasteiger partial charge in [0.15, 0.2) is 5.96 Å². The summed E-state index contributed by atoms with van der Waals surface area (Å²) in [5.74, 6) is 1.04. The second-order valence-electron chi connectivity index (χ2n) is 7.44. The van der Waals surface area contributed by atoms with Gasteiger partial charge in [0.1, 0.15) is 0 Å². The number of guanidine groups is 1. The van der Waals surface area contributed by atoms with Crippen LogP contribution in [0.2, 0.25) is 0 Å². The Hall–Kier alpha value is -2.83. The summed E-state index contributed by atoms with van der Waals surface area (Å²) in [5.41, 5.74) is 4.36. The lowest BCUT2D eigenvalue weighted by molar-refractivity contribution is -0.117. The number of hydrogen-bond donors (Lipinski definition) is 2. The molecule has 2 heterocycles. The Morgan fingerprint density at radius 2 is 2.00 bits per heavy atom. The molecule has 1 aromatic heterocycles. The summed E-state index contributed by atoms with van der Waals surface area (Å²) < 4.78 is 2.05. The van der Waals surface area contributed by atoms with Crippen LogP contribution in [-0.4, -0.2) is 41.3 Å². The van der Waals surface area contributed by atoms with E-state index in [2.05, 4.69) is 52.8 Å². The van der Waals surface area contributed by atoms with E-state index in [1.807, 2.05) is 28.6 Å². The van der Waals surface area contributed by atoms with Crippen molar-refractivity contribution in [1.29, 1.82) is 0 Å². The van der Waals surface area contributed by atoms with Gasteiger partial charge in [-0.2, -0.15) is 5.10 Å². The Labute approximate surface area is 173 Å². The number of aromatic nitrogens is 2. The fourth-order valence-electron chi connectivity index (χ4n) is 3.55. The molecule has 1 amide bonds. The minimum Gasteiger partial charge on any atom is -0.357 e. The number of aryl methyl sites for hydroxylation is 3. The molecule has 1 aliphatic rings. The lowest BCUT2D eigenvalue weighted by Gasteiger charge is -2.16. The molecule has 0 aliphatic carbocycles. The maximum atomic E-state index is 11.9. The number of carbonyl (C=O) groups is 1. The van der Waals surface area contributed by atoms with Gasteiger partial charge in [0.2, 0.25) is 5.91 Å². The lowest BCUT2D eigenvalue weighted by Crippen LogP contribution is -2.38. The van der Waals surface area contributed by atoms with Crippen LogP contribution in [0.3, 0.4) is 0 Å². The van der Waals surface area contributed by atoms with Gasteiger partial charge >= 0.3 is 0 Å². The molecule has 0 spiro atoms. The first kappa shape index (κ1) is 20.9. The van der Waals surface area contributed by atoms with Crippen LogP contribution in [0, 0.1) is 13.8 Å². The van der Waals surface area contributed by atoms with Crippen LogP contribution in [0.15, 0.2) is 35.3 Å². The number of amides is 1. The zero-order chi connectivity index (χ0) is 20.6. The van der Waals surface area contributed by atoms with Crippen molar-refractivity contribution >= 4 is 17.6 Å². The number of carbonyl (C=O) groups excluding carboxylic acids is 1. The van der Waals surface area contributed by atoms with Gasteiger partial charge in [-0.3, -0.25) is 9.48 Å². The van der Waals surface area contributed by atoms with E-state index in [1.54, 1.807) is 0 Å². The number of anilines is 1. The number of nitrogens with zero attached hydrogens (tertiary/aromatic N) is 4. The molecule has 7 heteroatoms. The number of benzene rings is 1. The van der Waals surface area contributed by atoms with Crippen molar-refractivity contribution in [2.24, 2.45) is 4.99 Å². The van der Waals surface area contributed by atoms with E-state index in [-0.39, 0.29) is 5.91 Å². The first-order chi connectivity index (χ1) is 14.1. The van der Waals surface area contributed by atoms with Crippen molar-refractivity contribution in [2.75, 3.05) is 24.5 Å². The van der Waals surface area contributed by atoms with Crippen LogP contribution >= 0.6 is 0 Å². The minimum atomic E-state index is 0.217. The van der Waals surface area contributed by atoms with Crippen LogP contribution in [0.25, 0.3) is 0 Å². The Morgan fingerprint density at radius 3 is 2.62 bits per heavy atom. The van der Waals surface area contributed by atoms with E-state index in [0.717, 1.165) is 61.9 Å². The molecule has 7 nitrogen and oxygen atoms in total. The van der Waals surface area contributed by atoms with E-state index in [1.165, 1.54) is 5.69 Å². The van der Waals surface area contributed by atoms with Crippen LogP contribution in [0.4, 0.5) is 5.69 Å². The molecule has 3 rings (SSSR count). The largest absolute Gasteiger partial charge is 0.357 e. The number of aliphatic imine (C=N–C) groups is 1. The minimum absolute atomic E-state index is 0.217. The molecule has 2 N–H and O–H groups in total. The van der Waals surface area contributed by atoms with Gasteiger partial charge in [0, 0.05) is 44.0 Å². The van der Waals surface area contributed by atoms with Gasteiger partial charge in [-0.15, -0.1) is 0 Å². The van der Waals surface area contributed by atoms with Gasteiger partial charge in [-0.1, -0.05) is 12.1 Å². The highest BCUT2D eigenvalue weighted by molar-refractivity contribution is 5.95. The Kier molecular flexibility index (Phi) is 7.27. The first-order valence-electron chi connectivity index (χ1n) is 10.5. The van der Waals surface area contributed by atoms with Crippen molar-refractivity contribution in [3.8, 4) is 0 Å². The molecule has 0 bridgehead atoms. The van der Waals surface area contributed by atoms with Crippen LogP contribution < -0.4 is 15.5 Å². The predicted molar refractivity (Wildman–Crippen MR) is 117 cm³/mol. The topological polar surface area (TPSA) is 74.6 Å². The third-order valence-electron chi connectivity index (χ3n) is 5.03. The molecule has 1 fully saturated rings. The fraction of sp³-hybridized carbons (Fsp3) is 0.500. The van der Waals surface area contributed by atoms with Gasteiger partial charge in [-0.25, -0.2) is 4.99 Å². The van der Waals surface area contributed by atoms with Gasteiger partial charge in [0.05, 0.1) is 12.2 Å². The molecule has 156 valence electrons. The Bertz CT molecular complexity index is 839. The smallest absolute Gasteiger partial charge is 0.227 e. The van der Waals surface area contributed by atoms with Crippen molar-refractivity contribution < 1.29 is 4.79 Å². The molecule has 0 saturated carbocycles. The molecule has 0 radical (unpaired) electrons. The average Bonchev–Trinajstić information content (AvgIpc) is 3.28. The summed E-state index contributed by atoms with van der Waals surface area (Å²) in [6.07, 6.45) is 2.58. The van der Waals surface area contributed by atoms with E-state index in [9.17, 15) is 4.79 Å². The summed E-state index contributed by atoms with van der Waals surface area (Å²) >= 11 is 0. The van der Waals surface area contributed by atoms with E-state index >= 15 is 0 Å². The highest BCUT2D eigenvalue weighted by atomic mass is 16.2. The highest BCUT2D eigenvalue weighted by Gasteiger charge is 2.21. The third-order valence-corrected chi connectivity index (χ3v) is 5.03. The van der Waals surface area contributed by atoms with Crippen molar-refractivity contribution in [1.82, 2.24) is 20.4 Å². The highest BCUT2D eigenvalue weighted by Crippen LogP contribution is 2.21. The maximum Gasteiger partial charge on any atom is 0.227 e. The standard InChI is InChI=1S/C22H32N6O/c1-4-23-22(24-12-6-14-28-18(3)15-17(2)26-28)25-16-19-8-10-20(11-9-19)27-13-5-7-21(27)29/h8-11,15H,4-7,12-14,16H2,1-3H3,(H2,23,24,25). The predicted octanol–water partition coefficient (Wildman–Crippen LogP) is 2.77. The molecule has 1 saturated heterocycles. The zero-order valence-corrected chi connectivity index (χ0v) is 17.7. The van der Waals surface area contributed by atoms with Crippen molar-refractivity contribution in [2.45, 2.75) is 53.1 Å². The normalized spacial score (nSPS) is 14.5. The van der Waals surface area contributed by atoms with Crippen LogP contribution in [-0.2, 0) is 17.9 Å². The van der Waals surface area contributed by atoms with E-state index in [4.69, 9.17) is 0 Å². The quantitative estimate of drug-likeness (QED) is 0.409. The van der Waals surface area contributed by atoms with Crippen LogP contribution in [0.1, 0.15) is 43.1 Å². The second kappa shape index (κ2) is 10.1. The summed E-state index contributed by atoms with van der Waals surface area (Å²) in [7, 11) is 0. The number of nitrogens with one attached hydrogen (secondary N) is 2. The first-order valence-corrected chi connectivity index (χ1v) is 10.5. The summed E-state index contributed by atoms with van der Waals surface area (Å²) in [6, 6.07) is 10.2. The SMILES string of the molecule is CCNC(=NCc1ccc(N2CCCC2=O)cc1)NCCCn1nc(C)cc1C. The van der Waals surface area contributed by atoms with E-state index < -0.39 is 0 Å². The Morgan fingerprint density at radius 1 is 1.21 bits per heavy atom. The van der Waals surface area contributed by atoms with Crippen LogP contribution in [0.5, 0.6) is 0 Å². The fourth-order valence-corrected chi connectivity index (χ4v) is 3.55. The monoisotopic (exact) mass is 396 g/mol. The van der Waals surface area contributed by atoms with Crippen molar-refractivity contribution in [3.05, 3.63) is 47.3 Å². The third kappa shape index (κ3) is 5.82. The summed E-state index contributed by atoms with van der Waals surface area (Å²) in [5, 5.41) is 11.2. The molecule has 1 aliphatic heterocycles. The number of rotatable bonds is 8. The Balaban J connectivity index is 1.49. The zero-order valence-electron chi connectivity index (χ0n) is 17.7. The summed E-state index contributed by atoms with van der Waals surface area (Å²) in [6.45, 7) is 10.1. The second-order valence-corrected chi connectivity index (χ2v) is 7.44. The molecular weight excluding hydrogens is 364 g/mol. The molecular formula is C22H32N6O. The van der Waals surface area contributed by atoms with Gasteiger partial charge < -0.3 is 15.5 Å². The average molecular weight is 397 g/mol. The van der Waals surface area contributed by atoms with Crippen molar-refractivity contribution in [3.63, 3.8) is 0 Å². The molecule has 0 unspecified atom stereocenters. The molecule has 2 aromatic rings. The summed E-state index contributed by atoms with van der Waals surface area (Å²) in [4.78, 5) is 18.4. The van der Waals surface area contributed by atoms with Gasteiger partial charge in [-0.05, 0) is 57.4 Å². The molecule has 1 aromatic carbocycles. The molecule has 0 atom stereocenters. The number of hydrogen-bond acceptors (Lipinski definition) is 3. The maximum absolute atomic E-state index is 11.9. The molecule has 29 heavy (non-hydrogen) atoms.